The smallest absolute Gasteiger partial charge is 0.270 e. The zero-order valence-corrected chi connectivity index (χ0v) is 10.4. The summed E-state index contributed by atoms with van der Waals surface area (Å²) in [5.41, 5.74) is 5.99. The van der Waals surface area contributed by atoms with Crippen LogP contribution < -0.4 is 10.5 Å². The van der Waals surface area contributed by atoms with Gasteiger partial charge in [-0.2, -0.15) is 0 Å². The molecule has 2 aromatic rings. The summed E-state index contributed by atoms with van der Waals surface area (Å²) in [5.74, 6) is 0.420. The molecule has 0 amide bonds. The molecular weight excluding hydrogens is 266 g/mol. The molecule has 2 heterocycles. The van der Waals surface area contributed by atoms with Crippen molar-refractivity contribution < 1.29 is 12.9 Å². The monoisotopic (exact) mass is 275 g/mol. The van der Waals surface area contributed by atoms with Gasteiger partial charge in [-0.25, -0.2) is 13.1 Å². The summed E-state index contributed by atoms with van der Waals surface area (Å²) in [6, 6.07) is 1.64. The van der Waals surface area contributed by atoms with Crippen LogP contribution in [0.1, 0.15) is 11.5 Å². The first-order valence-electron chi connectivity index (χ1n) is 4.48. The van der Waals surface area contributed by atoms with Crippen LogP contribution in [-0.2, 0) is 16.6 Å². The lowest BCUT2D eigenvalue weighted by Gasteiger charge is -1.99. The molecule has 17 heavy (non-hydrogen) atoms. The number of anilines is 1. The molecule has 0 fully saturated rings. The number of sulfonamides is 1. The van der Waals surface area contributed by atoms with Gasteiger partial charge in [-0.1, -0.05) is 16.5 Å². The van der Waals surface area contributed by atoms with Gasteiger partial charge in [0.25, 0.3) is 10.0 Å². The van der Waals surface area contributed by atoms with Gasteiger partial charge in [0.05, 0.1) is 12.2 Å². The van der Waals surface area contributed by atoms with Gasteiger partial charge in [0.1, 0.15) is 0 Å². The molecular formula is C7H9N5O3S2. The van der Waals surface area contributed by atoms with Crippen LogP contribution in [0.3, 0.4) is 0 Å². The number of nitrogens with two attached hydrogens (primary N) is 1. The van der Waals surface area contributed by atoms with Crippen LogP contribution in [0.25, 0.3) is 0 Å². The van der Waals surface area contributed by atoms with Gasteiger partial charge in [0.2, 0.25) is 9.47 Å². The highest BCUT2D eigenvalue weighted by molar-refractivity contribution is 7.91. The summed E-state index contributed by atoms with van der Waals surface area (Å²) in [7, 11) is -3.70. The molecule has 3 N–H and O–H groups in total. The first-order chi connectivity index (χ1) is 7.97. The van der Waals surface area contributed by atoms with E-state index in [9.17, 15) is 8.42 Å². The van der Waals surface area contributed by atoms with E-state index in [1.807, 2.05) is 0 Å². The van der Waals surface area contributed by atoms with Crippen LogP contribution >= 0.6 is 11.3 Å². The van der Waals surface area contributed by atoms with Crippen molar-refractivity contribution in [3.63, 3.8) is 0 Å². The first kappa shape index (κ1) is 12.0. The van der Waals surface area contributed by atoms with Gasteiger partial charge < -0.3 is 10.3 Å². The van der Waals surface area contributed by atoms with Crippen molar-refractivity contribution in [1.82, 2.24) is 20.1 Å². The zero-order valence-electron chi connectivity index (χ0n) is 8.74. The summed E-state index contributed by atoms with van der Waals surface area (Å²) < 4.78 is 30.4. The number of aromatic nitrogens is 3. The number of hydrogen-bond donors (Lipinski definition) is 2. The molecule has 0 bridgehead atoms. The van der Waals surface area contributed by atoms with E-state index in [2.05, 4.69) is 20.1 Å². The molecule has 2 rings (SSSR count). The molecule has 0 radical (unpaired) electrons. The number of hydrogen-bond acceptors (Lipinski definition) is 8. The fraction of sp³-hybridized carbons (Fsp3) is 0.286. The fourth-order valence-electron chi connectivity index (χ4n) is 1.06. The van der Waals surface area contributed by atoms with E-state index < -0.39 is 10.0 Å². The third kappa shape index (κ3) is 2.78. The highest BCUT2D eigenvalue weighted by atomic mass is 32.2. The topological polar surface area (TPSA) is 124 Å². The van der Waals surface area contributed by atoms with Gasteiger partial charge in [-0.15, -0.1) is 10.2 Å². The molecule has 0 saturated heterocycles. The summed E-state index contributed by atoms with van der Waals surface area (Å²) in [4.78, 5) is 0. The lowest BCUT2D eigenvalue weighted by molar-refractivity contribution is 0.377. The second-order valence-electron chi connectivity index (χ2n) is 3.17. The van der Waals surface area contributed by atoms with Crippen molar-refractivity contribution in [1.29, 1.82) is 0 Å². The average molecular weight is 275 g/mol. The Bertz CT molecular complexity index is 617. The van der Waals surface area contributed by atoms with E-state index in [4.69, 9.17) is 10.3 Å². The lowest BCUT2D eigenvalue weighted by Crippen LogP contribution is -2.22. The molecule has 0 aromatic carbocycles. The van der Waals surface area contributed by atoms with Gasteiger partial charge in [0.15, 0.2) is 5.76 Å². The van der Waals surface area contributed by atoms with E-state index in [0.29, 0.717) is 11.5 Å². The predicted octanol–water partition coefficient (Wildman–Crippen LogP) is -0.105. The molecule has 0 aliphatic heterocycles. The Labute approximate surface area is 101 Å². The quantitative estimate of drug-likeness (QED) is 0.798. The summed E-state index contributed by atoms with van der Waals surface area (Å²) in [6.07, 6.45) is 0. The average Bonchev–Trinajstić information content (AvgIpc) is 2.85. The molecule has 0 aliphatic rings. The summed E-state index contributed by atoms with van der Waals surface area (Å²) >= 11 is 0.794. The fourth-order valence-corrected chi connectivity index (χ4v) is 2.87. The molecule has 10 heteroatoms. The minimum atomic E-state index is -3.70. The number of nitrogens with zero attached hydrogens (tertiary/aromatic N) is 3. The number of nitrogens with one attached hydrogen (secondary N) is 1. The highest BCUT2D eigenvalue weighted by Crippen LogP contribution is 2.16. The van der Waals surface area contributed by atoms with Gasteiger partial charge in [-0.3, -0.25) is 0 Å². The third-order valence-corrected chi connectivity index (χ3v) is 4.29. The van der Waals surface area contributed by atoms with Crippen molar-refractivity contribution in [3.8, 4) is 0 Å². The van der Waals surface area contributed by atoms with Gasteiger partial charge in [-0.05, 0) is 6.92 Å². The molecule has 0 unspecified atom stereocenters. The molecule has 2 aromatic heterocycles. The molecule has 92 valence electrons. The maximum absolute atomic E-state index is 11.7. The van der Waals surface area contributed by atoms with Crippen molar-refractivity contribution >= 4 is 26.5 Å². The number of rotatable bonds is 4. The second-order valence-corrected chi connectivity index (χ2v) is 6.12. The third-order valence-electron chi connectivity index (χ3n) is 1.77. The maximum Gasteiger partial charge on any atom is 0.270 e. The summed E-state index contributed by atoms with van der Waals surface area (Å²) in [6.45, 7) is 1.75. The van der Waals surface area contributed by atoms with E-state index >= 15 is 0 Å². The molecule has 0 aliphatic carbocycles. The Morgan fingerprint density at radius 1 is 1.53 bits per heavy atom. The lowest BCUT2D eigenvalue weighted by atomic mass is 10.4. The van der Waals surface area contributed by atoms with E-state index in [1.165, 1.54) is 0 Å². The van der Waals surface area contributed by atoms with E-state index in [-0.39, 0.29) is 16.0 Å². The van der Waals surface area contributed by atoms with Crippen LogP contribution in [0.5, 0.6) is 0 Å². The number of nitrogen functional groups attached to an aromatic ring is 1. The van der Waals surface area contributed by atoms with Crippen molar-refractivity contribution in [2.75, 3.05) is 5.73 Å². The normalized spacial score (nSPS) is 11.8. The minimum Gasteiger partial charge on any atom is -0.374 e. The SMILES string of the molecule is Cc1cc(CNS(=O)(=O)c2nnc(N)s2)on1. The van der Waals surface area contributed by atoms with Crippen LogP contribution in [0, 0.1) is 6.92 Å². The minimum absolute atomic E-state index is 0.00264. The van der Waals surface area contributed by atoms with Gasteiger partial charge in [0, 0.05) is 6.07 Å². The van der Waals surface area contributed by atoms with E-state index in [1.54, 1.807) is 13.0 Å². The Balaban J connectivity index is 2.08. The molecule has 8 nitrogen and oxygen atoms in total. The standard InChI is InChI=1S/C7H9N5O3S2/c1-4-2-5(15-12-4)3-9-17(13,14)7-11-10-6(8)16-7/h2,9H,3H2,1H3,(H2,8,10). The highest BCUT2D eigenvalue weighted by Gasteiger charge is 2.19. The maximum atomic E-state index is 11.7. The van der Waals surface area contributed by atoms with Crippen LogP contribution in [-0.4, -0.2) is 23.8 Å². The van der Waals surface area contributed by atoms with E-state index in [0.717, 1.165) is 11.3 Å². The molecule has 0 atom stereocenters. The van der Waals surface area contributed by atoms with Crippen molar-refractivity contribution in [2.45, 2.75) is 17.8 Å². The van der Waals surface area contributed by atoms with Crippen molar-refractivity contribution in [3.05, 3.63) is 17.5 Å². The zero-order chi connectivity index (χ0) is 12.5. The Morgan fingerprint density at radius 3 is 2.82 bits per heavy atom. The Hall–Kier alpha value is -1.52. The summed E-state index contributed by atoms with van der Waals surface area (Å²) in [5, 5.41) is 10.6. The second kappa shape index (κ2) is 4.39. The Kier molecular flexibility index (Phi) is 3.09. The van der Waals surface area contributed by atoms with Crippen LogP contribution in [0.15, 0.2) is 14.9 Å². The molecule has 0 spiro atoms. The van der Waals surface area contributed by atoms with Crippen LogP contribution in [0.2, 0.25) is 0 Å². The molecule has 0 saturated carbocycles. The Morgan fingerprint density at radius 2 is 2.29 bits per heavy atom. The predicted molar refractivity (Wildman–Crippen MR) is 59.6 cm³/mol. The van der Waals surface area contributed by atoms with Crippen molar-refractivity contribution in [2.24, 2.45) is 0 Å². The first-order valence-corrected chi connectivity index (χ1v) is 6.78. The number of aryl methyl sites for hydroxylation is 1. The van der Waals surface area contributed by atoms with Gasteiger partial charge >= 0.3 is 0 Å². The largest absolute Gasteiger partial charge is 0.374 e. The van der Waals surface area contributed by atoms with Crippen LogP contribution in [0.4, 0.5) is 5.13 Å².